The van der Waals surface area contributed by atoms with E-state index in [0.717, 1.165) is 12.8 Å². The van der Waals surface area contributed by atoms with Gasteiger partial charge in [0.05, 0.1) is 0 Å². The summed E-state index contributed by atoms with van der Waals surface area (Å²) in [5.74, 6) is 6.35. The average molecular weight is 234 g/mol. The van der Waals surface area contributed by atoms with Crippen LogP contribution in [0.15, 0.2) is 24.3 Å². The van der Waals surface area contributed by atoms with Gasteiger partial charge in [-0.25, -0.2) is 0 Å². The second-order valence-corrected chi connectivity index (χ2v) is 5.20. The molecular weight excluding hydrogens is 208 g/mol. The highest BCUT2D eigenvalue weighted by Gasteiger charge is 2.09. The van der Waals surface area contributed by atoms with Gasteiger partial charge in [-0.3, -0.25) is 11.3 Å². The van der Waals surface area contributed by atoms with Crippen LogP contribution >= 0.6 is 0 Å². The van der Waals surface area contributed by atoms with Crippen LogP contribution in [0.1, 0.15) is 57.2 Å². The molecule has 0 spiro atoms. The van der Waals surface area contributed by atoms with E-state index >= 15 is 0 Å². The maximum Gasteiger partial charge on any atom is 0.0460 e. The van der Waals surface area contributed by atoms with Gasteiger partial charge in [-0.05, 0) is 29.9 Å². The van der Waals surface area contributed by atoms with E-state index in [9.17, 15) is 0 Å². The van der Waals surface area contributed by atoms with Crippen LogP contribution in [0.3, 0.4) is 0 Å². The normalized spacial score (nSPS) is 13.0. The Morgan fingerprint density at radius 2 is 2.06 bits per heavy atom. The van der Waals surface area contributed by atoms with Gasteiger partial charge in [0.2, 0.25) is 0 Å². The summed E-state index contributed by atoms with van der Waals surface area (Å²) in [4.78, 5) is 0. The number of hydrogen-bond donors (Lipinski definition) is 2. The Morgan fingerprint density at radius 3 is 2.65 bits per heavy atom. The van der Waals surface area contributed by atoms with Crippen molar-refractivity contribution in [3.8, 4) is 0 Å². The first-order chi connectivity index (χ1) is 8.17. The highest BCUT2D eigenvalue weighted by molar-refractivity contribution is 5.26. The SMILES string of the molecule is CCCCC(NN)c1cccc(CC(C)C)c1. The van der Waals surface area contributed by atoms with Crippen LogP contribution in [0.5, 0.6) is 0 Å². The van der Waals surface area contributed by atoms with Crippen molar-refractivity contribution in [2.45, 2.75) is 52.5 Å². The van der Waals surface area contributed by atoms with E-state index in [2.05, 4.69) is 50.5 Å². The zero-order chi connectivity index (χ0) is 12.7. The fourth-order valence-electron chi connectivity index (χ4n) is 2.16. The van der Waals surface area contributed by atoms with Gasteiger partial charge < -0.3 is 0 Å². The minimum Gasteiger partial charge on any atom is -0.271 e. The summed E-state index contributed by atoms with van der Waals surface area (Å²) in [6, 6.07) is 9.10. The number of hydrazine groups is 1. The molecular formula is C15H26N2. The number of nitrogens with one attached hydrogen (secondary N) is 1. The third kappa shape index (κ3) is 4.88. The predicted molar refractivity (Wildman–Crippen MR) is 74.6 cm³/mol. The van der Waals surface area contributed by atoms with Crippen LogP contribution in [-0.2, 0) is 6.42 Å². The molecule has 1 unspecified atom stereocenters. The summed E-state index contributed by atoms with van der Waals surface area (Å²) in [6.07, 6.45) is 4.67. The van der Waals surface area contributed by atoms with Gasteiger partial charge in [0.25, 0.3) is 0 Å². The van der Waals surface area contributed by atoms with Crippen molar-refractivity contribution in [1.29, 1.82) is 0 Å². The van der Waals surface area contributed by atoms with Gasteiger partial charge in [0, 0.05) is 6.04 Å². The number of unbranched alkanes of at least 4 members (excludes halogenated alkanes) is 1. The highest BCUT2D eigenvalue weighted by atomic mass is 15.2. The van der Waals surface area contributed by atoms with Crippen LogP contribution in [0.4, 0.5) is 0 Å². The second-order valence-electron chi connectivity index (χ2n) is 5.20. The van der Waals surface area contributed by atoms with Crippen molar-refractivity contribution < 1.29 is 0 Å². The first kappa shape index (κ1) is 14.2. The van der Waals surface area contributed by atoms with E-state index in [1.165, 1.54) is 24.0 Å². The van der Waals surface area contributed by atoms with Crippen LogP contribution in [0, 0.1) is 5.92 Å². The summed E-state index contributed by atoms with van der Waals surface area (Å²) in [7, 11) is 0. The summed E-state index contributed by atoms with van der Waals surface area (Å²) < 4.78 is 0. The van der Waals surface area contributed by atoms with Crippen molar-refractivity contribution >= 4 is 0 Å². The van der Waals surface area contributed by atoms with E-state index in [0.29, 0.717) is 12.0 Å². The number of rotatable bonds is 7. The molecule has 0 saturated carbocycles. The third-order valence-corrected chi connectivity index (χ3v) is 3.04. The van der Waals surface area contributed by atoms with Crippen LogP contribution in [0.25, 0.3) is 0 Å². The molecule has 0 radical (unpaired) electrons. The van der Waals surface area contributed by atoms with Crippen LogP contribution in [-0.4, -0.2) is 0 Å². The molecule has 1 atom stereocenters. The van der Waals surface area contributed by atoms with Crippen molar-refractivity contribution in [1.82, 2.24) is 5.43 Å². The average Bonchev–Trinajstić information content (AvgIpc) is 2.30. The van der Waals surface area contributed by atoms with Gasteiger partial charge in [-0.2, -0.15) is 0 Å². The molecule has 2 heteroatoms. The van der Waals surface area contributed by atoms with Gasteiger partial charge in [-0.1, -0.05) is 57.9 Å². The fourth-order valence-corrected chi connectivity index (χ4v) is 2.16. The molecule has 0 amide bonds. The summed E-state index contributed by atoms with van der Waals surface area (Å²) >= 11 is 0. The van der Waals surface area contributed by atoms with E-state index in [1.54, 1.807) is 0 Å². The molecule has 0 bridgehead atoms. The summed E-state index contributed by atoms with van der Waals surface area (Å²) in [6.45, 7) is 6.72. The molecule has 2 nitrogen and oxygen atoms in total. The van der Waals surface area contributed by atoms with E-state index in [4.69, 9.17) is 5.84 Å². The van der Waals surface area contributed by atoms with Crippen LogP contribution < -0.4 is 11.3 Å². The first-order valence-corrected chi connectivity index (χ1v) is 6.72. The van der Waals surface area contributed by atoms with Crippen molar-refractivity contribution in [3.05, 3.63) is 35.4 Å². The molecule has 0 fully saturated rings. The minimum absolute atomic E-state index is 0.294. The standard InChI is InChI=1S/C15H26N2/c1-4-5-9-15(17-16)14-8-6-7-13(11-14)10-12(2)3/h6-8,11-12,15,17H,4-5,9-10,16H2,1-3H3. The first-order valence-electron chi connectivity index (χ1n) is 6.72. The van der Waals surface area contributed by atoms with Crippen molar-refractivity contribution in [3.63, 3.8) is 0 Å². The third-order valence-electron chi connectivity index (χ3n) is 3.04. The van der Waals surface area contributed by atoms with E-state index in [1.807, 2.05) is 0 Å². The van der Waals surface area contributed by atoms with Gasteiger partial charge in [0.15, 0.2) is 0 Å². The Morgan fingerprint density at radius 1 is 1.29 bits per heavy atom. The lowest BCUT2D eigenvalue weighted by atomic mass is 9.96. The van der Waals surface area contributed by atoms with E-state index in [-0.39, 0.29) is 0 Å². The Bertz CT molecular complexity index is 320. The Balaban J connectivity index is 2.73. The molecule has 96 valence electrons. The molecule has 1 aromatic rings. The maximum atomic E-state index is 5.65. The maximum absolute atomic E-state index is 5.65. The highest BCUT2D eigenvalue weighted by Crippen LogP contribution is 2.20. The zero-order valence-electron chi connectivity index (χ0n) is 11.4. The number of benzene rings is 1. The Kier molecular flexibility index (Phi) is 6.23. The molecule has 17 heavy (non-hydrogen) atoms. The molecule has 0 saturated heterocycles. The molecule has 1 rings (SSSR count). The van der Waals surface area contributed by atoms with Gasteiger partial charge in [0.1, 0.15) is 0 Å². The van der Waals surface area contributed by atoms with Gasteiger partial charge >= 0.3 is 0 Å². The monoisotopic (exact) mass is 234 g/mol. The van der Waals surface area contributed by atoms with E-state index < -0.39 is 0 Å². The number of hydrogen-bond acceptors (Lipinski definition) is 2. The molecule has 0 heterocycles. The predicted octanol–water partition coefficient (Wildman–Crippen LogP) is 3.58. The largest absolute Gasteiger partial charge is 0.271 e. The van der Waals surface area contributed by atoms with Gasteiger partial charge in [-0.15, -0.1) is 0 Å². The molecule has 0 aliphatic heterocycles. The summed E-state index contributed by atoms with van der Waals surface area (Å²) in [5.41, 5.74) is 5.66. The lowest BCUT2D eigenvalue weighted by Crippen LogP contribution is -2.28. The van der Waals surface area contributed by atoms with Crippen molar-refractivity contribution in [2.75, 3.05) is 0 Å². The Hall–Kier alpha value is -0.860. The topological polar surface area (TPSA) is 38.0 Å². The van der Waals surface area contributed by atoms with Crippen molar-refractivity contribution in [2.24, 2.45) is 11.8 Å². The number of nitrogens with two attached hydrogens (primary N) is 1. The van der Waals surface area contributed by atoms with Crippen LogP contribution in [0.2, 0.25) is 0 Å². The smallest absolute Gasteiger partial charge is 0.0460 e. The molecule has 1 aromatic carbocycles. The quantitative estimate of drug-likeness (QED) is 0.559. The molecule has 0 aliphatic rings. The molecule has 3 N–H and O–H groups in total. The minimum atomic E-state index is 0.294. The molecule has 0 aliphatic carbocycles. The Labute approximate surface area is 106 Å². The second kappa shape index (κ2) is 7.46. The molecule has 0 aromatic heterocycles. The lowest BCUT2D eigenvalue weighted by molar-refractivity contribution is 0.494. The zero-order valence-corrected chi connectivity index (χ0v) is 11.4. The summed E-state index contributed by atoms with van der Waals surface area (Å²) in [5, 5.41) is 0. The fraction of sp³-hybridized carbons (Fsp3) is 0.600. The lowest BCUT2D eigenvalue weighted by Gasteiger charge is -2.17.